The van der Waals surface area contributed by atoms with Gasteiger partial charge >= 0.3 is 6.18 Å². The summed E-state index contributed by atoms with van der Waals surface area (Å²) < 4.78 is 41.7. The lowest BCUT2D eigenvalue weighted by atomic mass is 10.2. The van der Waals surface area contributed by atoms with E-state index < -0.39 is 18.7 Å². The molecular formula is C20H16F3N3O2. The van der Waals surface area contributed by atoms with E-state index in [1.807, 2.05) is 30.3 Å². The monoisotopic (exact) mass is 387 g/mol. The maximum atomic E-state index is 12.4. The number of amides is 1. The van der Waals surface area contributed by atoms with Crippen LogP contribution in [0.25, 0.3) is 0 Å². The molecule has 0 fully saturated rings. The van der Waals surface area contributed by atoms with Crippen molar-refractivity contribution in [3.05, 3.63) is 78.5 Å². The first-order chi connectivity index (χ1) is 13.4. The topological polar surface area (TPSA) is 63.2 Å². The molecule has 0 bridgehead atoms. The molecule has 144 valence electrons. The zero-order valence-corrected chi connectivity index (χ0v) is 14.5. The van der Waals surface area contributed by atoms with E-state index >= 15 is 0 Å². The molecule has 2 N–H and O–H groups in total. The van der Waals surface area contributed by atoms with Crippen LogP contribution in [0.1, 0.15) is 10.4 Å². The molecule has 0 aliphatic carbocycles. The summed E-state index contributed by atoms with van der Waals surface area (Å²) in [6, 6.07) is 19.2. The van der Waals surface area contributed by atoms with Crippen LogP contribution < -0.4 is 15.4 Å². The number of para-hydroxylation sites is 1. The number of benzene rings is 2. The molecule has 1 amide bonds. The summed E-state index contributed by atoms with van der Waals surface area (Å²) >= 11 is 0. The van der Waals surface area contributed by atoms with Gasteiger partial charge in [-0.25, -0.2) is 4.98 Å². The Balaban J connectivity index is 1.66. The normalized spacial score (nSPS) is 11.0. The van der Waals surface area contributed by atoms with Crippen LogP contribution >= 0.6 is 0 Å². The van der Waals surface area contributed by atoms with E-state index in [1.54, 1.807) is 24.3 Å². The molecule has 0 aliphatic rings. The van der Waals surface area contributed by atoms with Gasteiger partial charge in [0, 0.05) is 23.3 Å². The van der Waals surface area contributed by atoms with Crippen molar-refractivity contribution < 1.29 is 22.7 Å². The van der Waals surface area contributed by atoms with Crippen LogP contribution in [0.3, 0.4) is 0 Å². The number of rotatable bonds is 6. The average molecular weight is 387 g/mol. The molecule has 2 aromatic carbocycles. The van der Waals surface area contributed by atoms with Crippen LogP contribution in [0.2, 0.25) is 0 Å². The molecule has 5 nitrogen and oxygen atoms in total. The van der Waals surface area contributed by atoms with Crippen LogP contribution in [0.4, 0.5) is 30.2 Å². The van der Waals surface area contributed by atoms with Crippen LogP contribution in [-0.2, 0) is 0 Å². The number of pyridine rings is 1. The summed E-state index contributed by atoms with van der Waals surface area (Å²) in [6.07, 6.45) is -3.26. The first-order valence-electron chi connectivity index (χ1n) is 8.29. The Morgan fingerprint density at radius 1 is 0.893 bits per heavy atom. The second-order valence-electron chi connectivity index (χ2n) is 5.78. The molecule has 3 aromatic rings. The van der Waals surface area contributed by atoms with E-state index in [1.165, 1.54) is 18.3 Å². The van der Waals surface area contributed by atoms with E-state index in [9.17, 15) is 18.0 Å². The molecule has 0 radical (unpaired) electrons. The summed E-state index contributed by atoms with van der Waals surface area (Å²) in [5.41, 5.74) is 2.13. The fourth-order valence-corrected chi connectivity index (χ4v) is 2.35. The predicted octanol–water partition coefficient (Wildman–Crippen LogP) is 5.02. The van der Waals surface area contributed by atoms with Gasteiger partial charge in [-0.2, -0.15) is 13.2 Å². The highest BCUT2D eigenvalue weighted by atomic mass is 19.4. The number of carbonyl (C=O) groups is 1. The quantitative estimate of drug-likeness (QED) is 0.624. The lowest BCUT2D eigenvalue weighted by Gasteiger charge is -2.12. The first-order valence-corrected chi connectivity index (χ1v) is 8.29. The number of ether oxygens (including phenoxy) is 1. The van der Waals surface area contributed by atoms with E-state index in [4.69, 9.17) is 0 Å². The largest absolute Gasteiger partial charge is 0.467 e. The second-order valence-corrected chi connectivity index (χ2v) is 5.78. The molecule has 0 spiro atoms. The third-order valence-electron chi connectivity index (χ3n) is 3.59. The van der Waals surface area contributed by atoms with E-state index in [-0.39, 0.29) is 11.4 Å². The zero-order chi connectivity index (χ0) is 20.0. The van der Waals surface area contributed by atoms with Gasteiger partial charge in [0.15, 0.2) is 6.61 Å². The molecule has 3 rings (SSSR count). The minimum absolute atomic E-state index is 0.0850. The summed E-state index contributed by atoms with van der Waals surface area (Å²) in [5, 5.41) is 5.83. The Morgan fingerprint density at radius 2 is 1.54 bits per heavy atom. The van der Waals surface area contributed by atoms with Crippen molar-refractivity contribution >= 4 is 23.0 Å². The van der Waals surface area contributed by atoms with Gasteiger partial charge in [-0.15, -0.1) is 0 Å². The fourth-order valence-electron chi connectivity index (χ4n) is 2.35. The van der Waals surface area contributed by atoms with Crippen molar-refractivity contribution in [2.45, 2.75) is 6.18 Å². The Hall–Kier alpha value is -3.55. The number of carbonyl (C=O) groups excluding carboxylic acids is 1. The van der Waals surface area contributed by atoms with Gasteiger partial charge in [-0.1, -0.05) is 18.2 Å². The fraction of sp³-hybridized carbons (Fsp3) is 0.100. The highest BCUT2D eigenvalue weighted by Crippen LogP contribution is 2.22. The minimum atomic E-state index is -4.52. The van der Waals surface area contributed by atoms with Gasteiger partial charge < -0.3 is 15.4 Å². The van der Waals surface area contributed by atoms with Crippen molar-refractivity contribution in [1.82, 2.24) is 4.98 Å². The highest BCUT2D eigenvalue weighted by molar-refractivity contribution is 6.05. The number of hydrogen-bond acceptors (Lipinski definition) is 4. The molecule has 0 saturated heterocycles. The van der Waals surface area contributed by atoms with Crippen LogP contribution in [0.5, 0.6) is 5.88 Å². The summed E-state index contributed by atoms with van der Waals surface area (Å²) in [6.45, 7) is -1.52. The van der Waals surface area contributed by atoms with Gasteiger partial charge in [0.05, 0.1) is 0 Å². The molecular weight excluding hydrogens is 371 g/mol. The zero-order valence-electron chi connectivity index (χ0n) is 14.5. The third-order valence-corrected chi connectivity index (χ3v) is 3.59. The van der Waals surface area contributed by atoms with Crippen molar-refractivity contribution in [1.29, 1.82) is 0 Å². The molecule has 0 atom stereocenters. The van der Waals surface area contributed by atoms with Gasteiger partial charge in [0.1, 0.15) is 5.56 Å². The predicted molar refractivity (Wildman–Crippen MR) is 99.9 cm³/mol. The first kappa shape index (κ1) is 19.2. The number of anilines is 3. The number of aromatic nitrogens is 1. The standard InChI is InChI=1S/C20H16F3N3O2/c21-20(22,23)13-28-19-17(7-4-12-24-19)18(27)26-16-10-8-15(9-11-16)25-14-5-2-1-3-6-14/h1-12,25H,13H2,(H,26,27). The lowest BCUT2D eigenvalue weighted by molar-refractivity contribution is -0.154. The van der Waals surface area contributed by atoms with Gasteiger partial charge in [0.2, 0.25) is 5.88 Å². The Labute approximate surface area is 159 Å². The van der Waals surface area contributed by atoms with E-state index in [0.29, 0.717) is 5.69 Å². The molecule has 0 saturated carbocycles. The molecule has 1 aromatic heterocycles. The number of nitrogens with one attached hydrogen (secondary N) is 2. The lowest BCUT2D eigenvalue weighted by Crippen LogP contribution is -2.21. The van der Waals surface area contributed by atoms with E-state index in [0.717, 1.165) is 11.4 Å². The molecule has 28 heavy (non-hydrogen) atoms. The number of nitrogens with zero attached hydrogens (tertiary/aromatic N) is 1. The van der Waals surface area contributed by atoms with Crippen LogP contribution in [0.15, 0.2) is 72.9 Å². The number of halogens is 3. The Bertz CT molecular complexity index is 929. The second kappa shape index (κ2) is 8.43. The van der Waals surface area contributed by atoms with Crippen molar-refractivity contribution in [2.75, 3.05) is 17.2 Å². The Morgan fingerprint density at radius 3 is 2.21 bits per heavy atom. The highest BCUT2D eigenvalue weighted by Gasteiger charge is 2.29. The number of hydrogen-bond donors (Lipinski definition) is 2. The smallest absolute Gasteiger partial charge is 0.422 e. The number of alkyl halides is 3. The molecule has 0 unspecified atom stereocenters. The maximum Gasteiger partial charge on any atom is 0.422 e. The summed E-state index contributed by atoms with van der Waals surface area (Å²) in [7, 11) is 0. The van der Waals surface area contributed by atoms with Crippen LogP contribution in [-0.4, -0.2) is 23.7 Å². The van der Waals surface area contributed by atoms with E-state index in [2.05, 4.69) is 20.4 Å². The van der Waals surface area contributed by atoms with Gasteiger partial charge in [-0.05, 0) is 48.5 Å². The third kappa shape index (κ3) is 5.47. The average Bonchev–Trinajstić information content (AvgIpc) is 2.68. The summed E-state index contributed by atoms with van der Waals surface area (Å²) in [5.74, 6) is -0.992. The minimum Gasteiger partial charge on any atom is -0.467 e. The molecule has 8 heteroatoms. The Kier molecular flexibility index (Phi) is 5.78. The SMILES string of the molecule is O=C(Nc1ccc(Nc2ccccc2)cc1)c1cccnc1OCC(F)(F)F. The van der Waals surface area contributed by atoms with Gasteiger partial charge in [0.25, 0.3) is 5.91 Å². The maximum absolute atomic E-state index is 12.4. The van der Waals surface area contributed by atoms with Crippen molar-refractivity contribution in [3.8, 4) is 5.88 Å². The molecule has 0 aliphatic heterocycles. The molecule has 1 heterocycles. The van der Waals surface area contributed by atoms with Gasteiger partial charge in [-0.3, -0.25) is 4.79 Å². The van der Waals surface area contributed by atoms with Crippen molar-refractivity contribution in [2.24, 2.45) is 0 Å². The van der Waals surface area contributed by atoms with Crippen molar-refractivity contribution in [3.63, 3.8) is 0 Å². The summed E-state index contributed by atoms with van der Waals surface area (Å²) in [4.78, 5) is 16.1. The van der Waals surface area contributed by atoms with Crippen LogP contribution in [0, 0.1) is 0 Å².